The van der Waals surface area contributed by atoms with Gasteiger partial charge in [-0.05, 0) is 29.8 Å². The topological polar surface area (TPSA) is 116 Å². The summed E-state index contributed by atoms with van der Waals surface area (Å²) in [4.78, 5) is 8.45. The van der Waals surface area contributed by atoms with Gasteiger partial charge in [0.15, 0.2) is 6.10 Å². The number of alkyl halides is 1. The predicted octanol–water partition coefficient (Wildman–Crippen LogP) is 2.65. The molecule has 0 bridgehead atoms. The smallest absolute Gasteiger partial charge is 0.364 e. The van der Waals surface area contributed by atoms with Gasteiger partial charge in [-0.3, -0.25) is 20.5 Å². The van der Waals surface area contributed by atoms with E-state index < -0.39 is 22.1 Å². The van der Waals surface area contributed by atoms with Crippen molar-refractivity contribution in [3.05, 3.63) is 69.8 Å². The van der Waals surface area contributed by atoms with Crippen LogP contribution in [0.3, 0.4) is 0 Å². The molecule has 0 aliphatic carbocycles. The molecule has 0 saturated heterocycles. The summed E-state index contributed by atoms with van der Waals surface area (Å²) in [6.45, 7) is 0. The van der Waals surface area contributed by atoms with Gasteiger partial charge in [-0.2, -0.15) is 0 Å². The first-order valence-electron chi connectivity index (χ1n) is 6.90. The van der Waals surface area contributed by atoms with E-state index in [2.05, 4.69) is 0 Å². The van der Waals surface area contributed by atoms with Gasteiger partial charge in [-0.15, -0.1) is 5.23 Å². The van der Waals surface area contributed by atoms with Gasteiger partial charge in [0.2, 0.25) is 6.10 Å². The number of fused-ring (bicyclic) bond motifs is 1. The van der Waals surface area contributed by atoms with Gasteiger partial charge in [-0.1, -0.05) is 30.3 Å². The number of aliphatic hydroxyl groups is 1. The summed E-state index contributed by atoms with van der Waals surface area (Å²) in [5.74, 6) is 0.267. The van der Waals surface area contributed by atoms with Gasteiger partial charge in [0.25, 0.3) is 0 Å². The Balaban J connectivity index is 2.15. The van der Waals surface area contributed by atoms with Crippen molar-refractivity contribution >= 4 is 17.3 Å². The van der Waals surface area contributed by atoms with E-state index in [9.17, 15) is 15.2 Å². The Hall–Kier alpha value is -2.39. The van der Waals surface area contributed by atoms with E-state index >= 15 is 0 Å². The minimum atomic E-state index is -2.37. The molecule has 0 unspecified atom stereocenters. The number of ether oxygens (including phenoxy) is 1. The highest BCUT2D eigenvalue weighted by atomic mass is 35.5. The van der Waals surface area contributed by atoms with Crippen molar-refractivity contribution in [3.63, 3.8) is 0 Å². The van der Waals surface area contributed by atoms with E-state index in [-0.39, 0.29) is 27.8 Å². The third kappa shape index (κ3) is 2.45. The molecule has 24 heavy (non-hydrogen) atoms. The molecule has 126 valence electrons. The molecular formula is C15H13ClN2O6. The van der Waals surface area contributed by atoms with Crippen molar-refractivity contribution in [2.45, 2.75) is 17.2 Å². The molecule has 8 nitrogen and oxygen atoms in total. The number of halogens is 1. The molecule has 2 aromatic rings. The zero-order valence-corrected chi connectivity index (χ0v) is 12.9. The summed E-state index contributed by atoms with van der Waals surface area (Å²) in [5.41, 5.74) is 0.384. The number of anilines is 1. The molecule has 9 heteroatoms. The van der Waals surface area contributed by atoms with E-state index in [1.165, 1.54) is 30.3 Å². The second kappa shape index (κ2) is 5.91. The number of benzene rings is 2. The Morgan fingerprint density at radius 1 is 1.21 bits per heavy atom. The van der Waals surface area contributed by atoms with Crippen molar-refractivity contribution in [1.82, 2.24) is 0 Å². The zero-order valence-electron chi connectivity index (χ0n) is 12.1. The largest absolute Gasteiger partial charge is 0.476 e. The average Bonchev–Trinajstić information content (AvgIpc) is 2.58. The Labute approximate surface area is 141 Å². The van der Waals surface area contributed by atoms with Crippen molar-refractivity contribution in [1.29, 1.82) is 0 Å². The minimum Gasteiger partial charge on any atom is -0.476 e. The molecule has 2 aromatic carbocycles. The normalized spacial score (nSPS) is 25.5. The van der Waals surface area contributed by atoms with Crippen LogP contribution < -0.4 is 9.96 Å². The number of nitro groups is 1. The Bertz CT molecular complexity index is 786. The first-order valence-corrected chi connectivity index (χ1v) is 7.28. The van der Waals surface area contributed by atoms with E-state index in [1.807, 2.05) is 0 Å². The summed E-state index contributed by atoms with van der Waals surface area (Å²) in [6.07, 6.45) is -2.97. The maximum absolute atomic E-state index is 11.6. The third-order valence-corrected chi connectivity index (χ3v) is 4.44. The molecule has 1 aliphatic rings. The molecule has 0 fully saturated rings. The van der Waals surface area contributed by atoms with Crippen LogP contribution in [-0.4, -0.2) is 25.4 Å². The monoisotopic (exact) mass is 352 g/mol. The second-order valence-corrected chi connectivity index (χ2v) is 5.91. The number of nitrogens with zero attached hydrogens (tertiary/aromatic N) is 2. The highest BCUT2D eigenvalue weighted by Crippen LogP contribution is 2.51. The van der Waals surface area contributed by atoms with Crippen molar-refractivity contribution in [3.8, 4) is 5.75 Å². The van der Waals surface area contributed by atoms with E-state index in [0.29, 0.717) is 0 Å². The quantitative estimate of drug-likeness (QED) is 0.336. The number of rotatable bonds is 3. The fraction of sp³-hybridized carbons (Fsp3) is 0.200. The predicted molar refractivity (Wildman–Crippen MR) is 82.8 cm³/mol. The highest BCUT2D eigenvalue weighted by Gasteiger charge is 2.61. The van der Waals surface area contributed by atoms with Crippen LogP contribution in [0.1, 0.15) is 23.3 Å². The van der Waals surface area contributed by atoms with Crippen LogP contribution in [0.4, 0.5) is 5.69 Å². The summed E-state index contributed by atoms with van der Waals surface area (Å²) < 4.78 is 5.68. The molecule has 3 N–H and O–H groups in total. The van der Waals surface area contributed by atoms with Crippen LogP contribution in [-0.2, 0) is 0 Å². The van der Waals surface area contributed by atoms with Crippen LogP contribution in [0.5, 0.6) is 5.75 Å². The summed E-state index contributed by atoms with van der Waals surface area (Å²) in [5, 5.41) is 40.3. The van der Waals surface area contributed by atoms with E-state index in [1.54, 1.807) is 18.2 Å². The number of hydrogen-bond donors (Lipinski definition) is 3. The first kappa shape index (κ1) is 16.5. The van der Waals surface area contributed by atoms with Crippen LogP contribution in [0.2, 0.25) is 0 Å². The number of para-hydroxylation sites is 1. The summed E-state index contributed by atoms with van der Waals surface area (Å²) in [7, 11) is 0. The molecule has 3 rings (SSSR count). The lowest BCUT2D eigenvalue weighted by Gasteiger charge is -2.37. The fourth-order valence-electron chi connectivity index (χ4n) is 2.69. The van der Waals surface area contributed by atoms with Gasteiger partial charge in [0.05, 0.1) is 10.6 Å². The minimum absolute atomic E-state index is 0.0354. The molecular weight excluding hydrogens is 340 g/mol. The van der Waals surface area contributed by atoms with Crippen LogP contribution in [0.15, 0.2) is 48.5 Å². The lowest BCUT2D eigenvalue weighted by atomic mass is 9.89. The Morgan fingerprint density at radius 2 is 1.92 bits per heavy atom. The van der Waals surface area contributed by atoms with Crippen LogP contribution >= 0.6 is 11.6 Å². The molecule has 0 spiro atoms. The van der Waals surface area contributed by atoms with Crippen molar-refractivity contribution in [2.24, 2.45) is 0 Å². The fourth-order valence-corrected chi connectivity index (χ4v) is 2.98. The molecule has 0 saturated carbocycles. The van der Waals surface area contributed by atoms with Crippen LogP contribution in [0.25, 0.3) is 0 Å². The Kier molecular flexibility index (Phi) is 4.06. The standard InChI is InChI=1S/C15H13ClN2O6/c16-15(18(22)23)13(19)11-6-1-2-7-12(11)24-14(15)9-4-3-5-10(8-9)17(20)21/h1-8,13-14,19-21H/t13-,14-,15+/m0/s1. The van der Waals surface area contributed by atoms with Crippen LogP contribution in [0, 0.1) is 10.1 Å². The lowest BCUT2D eigenvalue weighted by molar-refractivity contribution is -0.570. The first-order chi connectivity index (χ1) is 11.4. The summed E-state index contributed by atoms with van der Waals surface area (Å²) in [6, 6.07) is 11.9. The third-order valence-electron chi connectivity index (χ3n) is 3.89. The van der Waals surface area contributed by atoms with Gasteiger partial charge < -0.3 is 9.84 Å². The van der Waals surface area contributed by atoms with Gasteiger partial charge >= 0.3 is 5.00 Å². The van der Waals surface area contributed by atoms with Gasteiger partial charge in [0, 0.05) is 11.1 Å². The van der Waals surface area contributed by atoms with Crippen molar-refractivity contribution < 1.29 is 25.2 Å². The van der Waals surface area contributed by atoms with Gasteiger partial charge in [0.1, 0.15) is 5.75 Å². The van der Waals surface area contributed by atoms with E-state index in [0.717, 1.165) is 0 Å². The number of hydrogen-bond acceptors (Lipinski definition) is 7. The number of aliphatic hydroxyl groups excluding tert-OH is 1. The lowest BCUT2D eigenvalue weighted by Crippen LogP contribution is -2.49. The molecule has 0 aromatic heterocycles. The maximum Gasteiger partial charge on any atom is 0.364 e. The van der Waals surface area contributed by atoms with Gasteiger partial charge in [-0.25, -0.2) is 0 Å². The summed E-state index contributed by atoms with van der Waals surface area (Å²) >= 11 is 6.21. The Morgan fingerprint density at radius 3 is 2.58 bits per heavy atom. The molecule has 0 amide bonds. The van der Waals surface area contributed by atoms with Crippen molar-refractivity contribution in [2.75, 3.05) is 5.23 Å². The average molecular weight is 353 g/mol. The molecule has 1 aliphatic heterocycles. The second-order valence-electron chi connectivity index (χ2n) is 5.31. The van der Waals surface area contributed by atoms with E-state index in [4.69, 9.17) is 26.8 Å². The highest BCUT2D eigenvalue weighted by molar-refractivity contribution is 6.23. The molecule has 0 radical (unpaired) electrons. The maximum atomic E-state index is 11.6. The molecule has 3 atom stereocenters. The SMILES string of the molecule is O=[N+]([O-])[C@]1(Cl)[C@@H](O)c2ccccc2O[C@H]1c1cccc(N(O)O)c1. The molecule has 1 heterocycles. The zero-order chi connectivity index (χ0) is 17.5.